The minimum atomic E-state index is -1.45. The second kappa shape index (κ2) is 5.81. The molecule has 2 aromatic rings. The van der Waals surface area contributed by atoms with Gasteiger partial charge in [-0.15, -0.1) is 0 Å². The molecule has 1 aromatic heterocycles. The fourth-order valence-corrected chi connectivity index (χ4v) is 5.12. The van der Waals surface area contributed by atoms with Gasteiger partial charge >= 0.3 is 5.97 Å². The summed E-state index contributed by atoms with van der Waals surface area (Å²) in [5, 5.41) is 0. The molecule has 2 heterocycles. The van der Waals surface area contributed by atoms with E-state index in [1.54, 1.807) is 6.07 Å². The van der Waals surface area contributed by atoms with Crippen LogP contribution >= 0.6 is 0 Å². The number of benzene rings is 1. The predicted molar refractivity (Wildman–Crippen MR) is 106 cm³/mol. The summed E-state index contributed by atoms with van der Waals surface area (Å²) >= 11 is 0. The fraction of sp³-hybridized carbons (Fsp3) is 0.364. The van der Waals surface area contributed by atoms with E-state index in [9.17, 15) is 14.4 Å². The summed E-state index contributed by atoms with van der Waals surface area (Å²) in [6.07, 6.45) is 0.765. The number of aromatic nitrogens is 1. The van der Waals surface area contributed by atoms with E-state index < -0.39 is 17.3 Å². The molecule has 0 saturated carbocycles. The van der Waals surface area contributed by atoms with Crippen LogP contribution < -0.4 is 5.73 Å². The molecule has 2 aliphatic carbocycles. The van der Waals surface area contributed by atoms with E-state index >= 15 is 0 Å². The van der Waals surface area contributed by atoms with Crippen molar-refractivity contribution in [3.63, 3.8) is 0 Å². The van der Waals surface area contributed by atoms with Gasteiger partial charge in [0, 0.05) is 23.3 Å². The van der Waals surface area contributed by atoms with Gasteiger partial charge in [0.1, 0.15) is 12.2 Å². The van der Waals surface area contributed by atoms with Gasteiger partial charge in [0.15, 0.2) is 17.0 Å². The van der Waals surface area contributed by atoms with E-state index in [0.29, 0.717) is 40.3 Å². The number of rotatable bonds is 2. The van der Waals surface area contributed by atoms with Crippen LogP contribution in [0, 0.1) is 5.41 Å². The van der Waals surface area contributed by atoms with Crippen molar-refractivity contribution in [2.24, 2.45) is 5.41 Å². The van der Waals surface area contributed by atoms with Crippen molar-refractivity contribution in [1.29, 1.82) is 0 Å². The molecule has 8 nitrogen and oxygen atoms in total. The lowest BCUT2D eigenvalue weighted by Crippen LogP contribution is -2.43. The maximum atomic E-state index is 14.0. The van der Waals surface area contributed by atoms with E-state index in [2.05, 4.69) is 4.98 Å². The van der Waals surface area contributed by atoms with Crippen molar-refractivity contribution < 1.29 is 23.5 Å². The molecule has 0 fully saturated rings. The van der Waals surface area contributed by atoms with Crippen molar-refractivity contribution in [1.82, 2.24) is 9.88 Å². The topological polar surface area (TPSA) is 116 Å². The number of hydrogen-bond donors (Lipinski definition) is 1. The van der Waals surface area contributed by atoms with E-state index in [0.717, 1.165) is 0 Å². The number of Topliss-reactive ketones (excluding diaryl/α,β-unsaturated/α-hetero) is 1. The largest absolute Gasteiger partial charge is 0.468 e. The summed E-state index contributed by atoms with van der Waals surface area (Å²) in [4.78, 5) is 45.4. The van der Waals surface area contributed by atoms with Crippen LogP contribution in [-0.4, -0.2) is 41.2 Å². The lowest BCUT2D eigenvalue weighted by atomic mass is 9.67. The number of nitrogens with zero attached hydrogens (tertiary/aromatic N) is 2. The summed E-state index contributed by atoms with van der Waals surface area (Å²) < 4.78 is 10.5. The predicted octanol–water partition coefficient (Wildman–Crippen LogP) is 2.18. The van der Waals surface area contributed by atoms with Crippen LogP contribution in [0.1, 0.15) is 37.9 Å². The van der Waals surface area contributed by atoms with Crippen LogP contribution in [0.2, 0.25) is 0 Å². The molecule has 0 radical (unpaired) electrons. The van der Waals surface area contributed by atoms with Gasteiger partial charge in [0.2, 0.25) is 5.91 Å². The Morgan fingerprint density at radius 3 is 2.73 bits per heavy atom. The first kappa shape index (κ1) is 18.6. The van der Waals surface area contributed by atoms with Crippen LogP contribution in [0.25, 0.3) is 11.3 Å². The zero-order valence-electron chi connectivity index (χ0n) is 16.9. The first-order valence-corrected chi connectivity index (χ1v) is 9.73. The van der Waals surface area contributed by atoms with Crippen molar-refractivity contribution in [2.45, 2.75) is 32.1 Å². The van der Waals surface area contributed by atoms with Gasteiger partial charge in [-0.3, -0.25) is 14.4 Å². The molecule has 0 bridgehead atoms. The standard InChI is InChI=1S/C22H21N3O5/c1-21(2)8-13-16(14(26)9-21)22(19(28)25(13)10-15(27)29-3)12-7-5-4-6-11(12)17-18(22)24-20(23)30-17/h4-7H,8-10H2,1-3H3,(H2,23,24)/t22-/m0/s1. The van der Waals surface area contributed by atoms with Gasteiger partial charge in [-0.05, 0) is 17.4 Å². The second-order valence-corrected chi connectivity index (χ2v) is 8.76. The number of ketones is 1. The summed E-state index contributed by atoms with van der Waals surface area (Å²) in [5.41, 5.74) is 6.59. The number of nitrogens with two attached hydrogens (primary N) is 1. The average Bonchev–Trinajstić information content (AvgIpc) is 3.26. The molecular weight excluding hydrogens is 386 g/mol. The minimum absolute atomic E-state index is 0.0705. The van der Waals surface area contributed by atoms with Crippen LogP contribution in [0.5, 0.6) is 0 Å². The normalized spacial score (nSPS) is 23.6. The molecule has 30 heavy (non-hydrogen) atoms. The monoisotopic (exact) mass is 407 g/mol. The molecule has 5 rings (SSSR count). The number of amides is 1. The van der Waals surface area contributed by atoms with Gasteiger partial charge in [-0.25, -0.2) is 0 Å². The Bertz CT molecular complexity index is 1180. The van der Waals surface area contributed by atoms with E-state index in [-0.39, 0.29) is 30.2 Å². The molecule has 154 valence electrons. The molecule has 2 N–H and O–H groups in total. The van der Waals surface area contributed by atoms with Crippen LogP contribution in [0.4, 0.5) is 6.01 Å². The summed E-state index contributed by atoms with van der Waals surface area (Å²) in [7, 11) is 1.27. The lowest BCUT2D eigenvalue weighted by molar-refractivity contribution is -0.146. The number of allylic oxidation sites excluding steroid dienone is 1. The number of ether oxygens (including phenoxy) is 1. The number of hydrogen-bond acceptors (Lipinski definition) is 7. The quantitative estimate of drug-likeness (QED) is 0.759. The summed E-state index contributed by atoms with van der Waals surface area (Å²) in [6.45, 7) is 3.68. The number of carbonyl (C=O) groups is 3. The molecule has 1 aliphatic heterocycles. The Kier molecular flexibility index (Phi) is 3.60. The number of esters is 1. The second-order valence-electron chi connectivity index (χ2n) is 8.76. The third kappa shape index (κ3) is 2.16. The Balaban J connectivity index is 1.84. The molecule has 1 amide bonds. The number of anilines is 1. The summed E-state index contributed by atoms with van der Waals surface area (Å²) in [5.74, 6) is -0.704. The van der Waals surface area contributed by atoms with Gasteiger partial charge in [0.25, 0.3) is 6.01 Å². The Morgan fingerprint density at radius 1 is 1.27 bits per heavy atom. The Labute approximate surface area is 172 Å². The van der Waals surface area contributed by atoms with Gasteiger partial charge < -0.3 is 19.8 Å². The van der Waals surface area contributed by atoms with E-state index in [1.165, 1.54) is 12.0 Å². The van der Waals surface area contributed by atoms with Crippen LogP contribution in [0.15, 0.2) is 40.0 Å². The number of carbonyl (C=O) groups excluding carboxylic acids is 3. The minimum Gasteiger partial charge on any atom is -0.468 e. The molecule has 1 atom stereocenters. The molecule has 1 spiro atoms. The Morgan fingerprint density at radius 2 is 2.00 bits per heavy atom. The highest BCUT2D eigenvalue weighted by molar-refractivity contribution is 6.17. The Hall–Kier alpha value is -3.42. The molecule has 0 unspecified atom stereocenters. The first-order valence-electron chi connectivity index (χ1n) is 9.73. The van der Waals surface area contributed by atoms with E-state index in [1.807, 2.05) is 32.0 Å². The van der Waals surface area contributed by atoms with Crippen molar-refractivity contribution in [2.75, 3.05) is 19.4 Å². The highest BCUT2D eigenvalue weighted by Gasteiger charge is 2.65. The molecular formula is C22H21N3O5. The van der Waals surface area contributed by atoms with Gasteiger partial charge in [-0.2, -0.15) is 4.98 Å². The maximum Gasteiger partial charge on any atom is 0.325 e. The molecule has 0 saturated heterocycles. The third-order valence-corrected chi connectivity index (χ3v) is 6.21. The van der Waals surface area contributed by atoms with E-state index in [4.69, 9.17) is 14.9 Å². The number of methoxy groups -OCH3 is 1. The smallest absolute Gasteiger partial charge is 0.325 e. The fourth-order valence-electron chi connectivity index (χ4n) is 5.12. The zero-order valence-corrected chi connectivity index (χ0v) is 16.9. The van der Waals surface area contributed by atoms with Crippen LogP contribution in [0.3, 0.4) is 0 Å². The highest BCUT2D eigenvalue weighted by atomic mass is 16.5. The SMILES string of the molecule is COC(=O)CN1C(=O)[C@]2(C3=C1CC(C)(C)CC3=O)c1ccccc1-c1oc(N)nc12. The van der Waals surface area contributed by atoms with Gasteiger partial charge in [0.05, 0.1) is 7.11 Å². The van der Waals surface area contributed by atoms with Crippen molar-refractivity contribution >= 4 is 23.7 Å². The van der Waals surface area contributed by atoms with Crippen molar-refractivity contribution in [3.05, 3.63) is 46.8 Å². The average molecular weight is 407 g/mol. The first-order chi connectivity index (χ1) is 14.2. The number of oxazole rings is 1. The summed E-state index contributed by atoms with van der Waals surface area (Å²) in [6, 6.07) is 7.19. The molecule has 1 aromatic carbocycles. The third-order valence-electron chi connectivity index (χ3n) is 6.21. The number of fused-ring (bicyclic) bond motifs is 6. The molecule has 3 aliphatic rings. The van der Waals surface area contributed by atoms with Crippen molar-refractivity contribution in [3.8, 4) is 11.3 Å². The highest BCUT2D eigenvalue weighted by Crippen LogP contribution is 2.60. The lowest BCUT2D eigenvalue weighted by Gasteiger charge is -2.33. The number of nitrogen functional groups attached to an aromatic ring is 1. The zero-order chi connectivity index (χ0) is 21.4. The van der Waals surface area contributed by atoms with Crippen LogP contribution in [-0.2, 0) is 24.5 Å². The van der Waals surface area contributed by atoms with Gasteiger partial charge in [-0.1, -0.05) is 38.1 Å². The molecule has 8 heteroatoms. The maximum absolute atomic E-state index is 14.0.